The van der Waals surface area contributed by atoms with E-state index in [0.29, 0.717) is 23.6 Å². The Hall–Kier alpha value is -3.30. The number of carbonyl (C=O) groups is 4. The van der Waals surface area contributed by atoms with Crippen molar-refractivity contribution in [3.8, 4) is 5.75 Å². The van der Waals surface area contributed by atoms with Crippen LogP contribution in [-0.2, 0) is 39.8 Å². The molecule has 2 N–H and O–H groups in total. The quantitative estimate of drug-likeness (QED) is 0.277. The Labute approximate surface area is 303 Å². The number of hydrogen-bond donors (Lipinski definition) is 3. The van der Waals surface area contributed by atoms with Crippen molar-refractivity contribution in [2.45, 2.75) is 101 Å². The zero-order valence-electron chi connectivity index (χ0n) is 29.8. The van der Waals surface area contributed by atoms with Gasteiger partial charge in [0.05, 0.1) is 19.2 Å². The Morgan fingerprint density at radius 1 is 1.24 bits per heavy atom. The molecule has 0 spiro atoms. The van der Waals surface area contributed by atoms with Gasteiger partial charge in [-0.1, -0.05) is 35.4 Å². The van der Waals surface area contributed by atoms with Crippen LogP contribution in [0.15, 0.2) is 35.9 Å². The molecule has 4 heterocycles. The molecule has 5 unspecified atom stereocenters. The number of alkyl carbamates (subject to hydrolysis) is 1. The number of nitrogens with zero attached hydrogens (tertiary/aromatic N) is 2. The van der Waals surface area contributed by atoms with Crippen LogP contribution in [0, 0.1) is 0 Å². The van der Waals surface area contributed by atoms with E-state index in [1.165, 1.54) is 38.0 Å². The van der Waals surface area contributed by atoms with Crippen LogP contribution in [0.4, 0.5) is 10.5 Å². The lowest BCUT2D eigenvalue weighted by atomic mass is 9.72. The number of likely N-dealkylation sites (N-methyl/N-ethyl adjacent to an activating group) is 1. The number of carbonyl (C=O) groups excluding carboxylic acids is 4. The number of thiol groups is 1. The first-order chi connectivity index (χ1) is 23.4. The third kappa shape index (κ3) is 8.25. The average Bonchev–Trinajstić information content (AvgIpc) is 3.04. The maximum Gasteiger partial charge on any atom is 0.409 e. The van der Waals surface area contributed by atoms with Crippen molar-refractivity contribution < 1.29 is 48.0 Å². The second kappa shape index (κ2) is 15.5. The van der Waals surface area contributed by atoms with Crippen molar-refractivity contribution in [1.82, 2.24) is 10.2 Å². The van der Waals surface area contributed by atoms with Gasteiger partial charge in [0.2, 0.25) is 11.8 Å². The number of rotatable bonds is 7. The average molecular weight is 738 g/mol. The van der Waals surface area contributed by atoms with E-state index in [1.54, 1.807) is 45.2 Å². The molecular weight excluding hydrogens is 690 g/mol. The number of esters is 1. The van der Waals surface area contributed by atoms with Gasteiger partial charge >= 0.3 is 12.1 Å². The molecule has 3 amide bonds. The third-order valence-electron chi connectivity index (χ3n) is 9.76. The van der Waals surface area contributed by atoms with Crippen LogP contribution in [0.25, 0.3) is 0 Å². The lowest BCUT2D eigenvalue weighted by molar-refractivity contribution is -0.328. The molecule has 4 aliphatic rings. The summed E-state index contributed by atoms with van der Waals surface area (Å²) in [5.74, 6) is -0.793. The van der Waals surface area contributed by atoms with E-state index >= 15 is 0 Å². The van der Waals surface area contributed by atoms with Gasteiger partial charge in [-0.2, -0.15) is 12.6 Å². The first-order valence-corrected chi connectivity index (χ1v) is 17.4. The van der Waals surface area contributed by atoms with Gasteiger partial charge in [-0.05, 0) is 57.6 Å². The van der Waals surface area contributed by atoms with Gasteiger partial charge in [0.25, 0.3) is 0 Å². The molecule has 1 aromatic rings. The molecule has 276 valence electrons. The molecular formula is C35H48ClN3O10S. The number of allylic oxidation sites excluding steroid dienone is 3. The fraction of sp³-hybridized carbons (Fsp3) is 0.600. The minimum Gasteiger partial charge on any atom is -0.495 e. The number of methoxy groups -OCH3 is 2. The maximum absolute atomic E-state index is 14.0. The Kier molecular flexibility index (Phi) is 12.3. The first kappa shape index (κ1) is 39.5. The number of benzene rings is 1. The Balaban J connectivity index is 1.78. The topological polar surface area (TPSA) is 153 Å². The van der Waals surface area contributed by atoms with Crippen LogP contribution in [0.5, 0.6) is 5.75 Å². The Bertz CT molecular complexity index is 1550. The SMILES string of the molecule is COc1cc2cc(c1Cl)N(C)C(=O)C[C@H](OC(=O)[C@H](C)N(C)C(=O)CCS)C1(C)CC(C)(O1)C1CC(O)(NC(=O)O1)C(OC)/C=C/C=C(\C)C2. The molecule has 0 saturated carbocycles. The summed E-state index contributed by atoms with van der Waals surface area (Å²) in [6.07, 6.45) is 1.68. The fourth-order valence-corrected chi connectivity index (χ4v) is 7.29. The molecule has 0 radical (unpaired) electrons. The van der Waals surface area contributed by atoms with Crippen molar-refractivity contribution in [2.24, 2.45) is 0 Å². The summed E-state index contributed by atoms with van der Waals surface area (Å²) in [4.78, 5) is 55.6. The molecule has 13 nitrogen and oxygen atoms in total. The standard InChI is InChI=1S/C35H48ClN3O10S/c1-20-10-9-11-25(46-8)35(44)18-27(48-32(43)37-35)34(4)19-33(3,49-34)26(47-31(42)21(2)38(5)28(40)12-13-50)17-29(41)39(6)23-15-22(14-20)16-24(45-7)30(23)36/h9-11,15-16,21,25-27,44,50H,12-14,17-19H2,1-8H3,(H,37,43)/b11-9+,20-10+/t21-,25?,26-,27?,33?,34?,35?/m0/s1. The molecule has 4 aliphatic heterocycles. The fourth-order valence-electron chi connectivity index (χ4n) is 6.78. The van der Waals surface area contributed by atoms with Crippen molar-refractivity contribution in [3.05, 3.63) is 46.5 Å². The van der Waals surface area contributed by atoms with Crippen LogP contribution in [0.2, 0.25) is 5.02 Å². The summed E-state index contributed by atoms with van der Waals surface area (Å²) in [6, 6.07) is 2.60. The predicted octanol–water partition coefficient (Wildman–Crippen LogP) is 3.98. The van der Waals surface area contributed by atoms with Gasteiger partial charge in [-0.25, -0.2) is 9.59 Å². The number of hydrogen-bond acceptors (Lipinski definition) is 11. The molecule has 2 saturated heterocycles. The van der Waals surface area contributed by atoms with Crippen molar-refractivity contribution in [3.63, 3.8) is 0 Å². The van der Waals surface area contributed by atoms with Crippen LogP contribution < -0.4 is 15.0 Å². The van der Waals surface area contributed by atoms with Gasteiger partial charge in [-0.3, -0.25) is 14.9 Å². The highest BCUT2D eigenvalue weighted by Gasteiger charge is 2.63. The summed E-state index contributed by atoms with van der Waals surface area (Å²) in [6.45, 7) is 6.88. The summed E-state index contributed by atoms with van der Waals surface area (Å²) in [5.41, 5.74) is -2.11. The number of amides is 3. The largest absolute Gasteiger partial charge is 0.495 e. The van der Waals surface area contributed by atoms with E-state index in [1.807, 2.05) is 13.0 Å². The molecule has 2 fully saturated rings. The summed E-state index contributed by atoms with van der Waals surface area (Å²) in [7, 11) is 5.97. The van der Waals surface area contributed by atoms with E-state index in [0.717, 1.165) is 11.1 Å². The molecule has 5 rings (SSSR count). The number of ether oxygens (including phenoxy) is 5. The normalized spacial score (nSPS) is 32.3. The smallest absolute Gasteiger partial charge is 0.409 e. The molecule has 7 atom stereocenters. The second-order valence-corrected chi connectivity index (χ2v) is 14.5. The summed E-state index contributed by atoms with van der Waals surface area (Å²) >= 11 is 10.8. The molecule has 0 aromatic heterocycles. The number of aliphatic hydroxyl groups is 1. The van der Waals surface area contributed by atoms with Crippen molar-refractivity contribution >= 4 is 53.8 Å². The van der Waals surface area contributed by atoms with E-state index in [2.05, 4.69) is 17.9 Å². The minimum atomic E-state index is -1.85. The van der Waals surface area contributed by atoms with Gasteiger partial charge in [0.1, 0.15) is 46.3 Å². The molecule has 15 heteroatoms. The van der Waals surface area contributed by atoms with Gasteiger partial charge in [0, 0.05) is 40.5 Å². The van der Waals surface area contributed by atoms with Crippen LogP contribution >= 0.6 is 24.2 Å². The van der Waals surface area contributed by atoms with Crippen molar-refractivity contribution in [1.29, 1.82) is 0 Å². The van der Waals surface area contributed by atoms with E-state index < -0.39 is 59.3 Å². The van der Waals surface area contributed by atoms with Gasteiger partial charge < -0.3 is 38.6 Å². The highest BCUT2D eigenvalue weighted by molar-refractivity contribution is 7.80. The number of nitrogens with one attached hydrogen (secondary N) is 1. The van der Waals surface area contributed by atoms with E-state index in [4.69, 9.17) is 35.3 Å². The molecule has 50 heavy (non-hydrogen) atoms. The molecule has 1 aromatic carbocycles. The lowest BCUT2D eigenvalue weighted by Gasteiger charge is -2.59. The van der Waals surface area contributed by atoms with E-state index in [9.17, 15) is 24.3 Å². The zero-order valence-corrected chi connectivity index (χ0v) is 31.4. The monoisotopic (exact) mass is 737 g/mol. The summed E-state index contributed by atoms with van der Waals surface area (Å²) in [5, 5.41) is 14.4. The first-order valence-electron chi connectivity index (χ1n) is 16.4. The summed E-state index contributed by atoms with van der Waals surface area (Å²) < 4.78 is 29.3. The Morgan fingerprint density at radius 2 is 1.92 bits per heavy atom. The van der Waals surface area contributed by atoms with Crippen LogP contribution in [0.1, 0.15) is 58.9 Å². The maximum atomic E-state index is 14.0. The number of anilines is 1. The predicted molar refractivity (Wildman–Crippen MR) is 189 cm³/mol. The number of halogens is 1. The minimum absolute atomic E-state index is 0.0950. The van der Waals surface area contributed by atoms with Crippen LogP contribution in [-0.4, -0.2) is 109 Å². The molecule has 0 aliphatic carbocycles. The third-order valence-corrected chi connectivity index (χ3v) is 10.4. The van der Waals surface area contributed by atoms with Crippen molar-refractivity contribution in [2.75, 3.05) is 39.0 Å². The van der Waals surface area contributed by atoms with Gasteiger partial charge in [-0.15, -0.1) is 0 Å². The highest BCUT2D eigenvalue weighted by Crippen LogP contribution is 2.50. The Morgan fingerprint density at radius 3 is 2.54 bits per heavy atom. The molecule has 6 bridgehead atoms. The van der Waals surface area contributed by atoms with Crippen LogP contribution in [0.3, 0.4) is 0 Å². The number of fused-ring (bicyclic) bond motifs is 6. The zero-order chi connectivity index (χ0) is 37.2. The van der Waals surface area contributed by atoms with E-state index in [-0.39, 0.29) is 36.6 Å². The highest BCUT2D eigenvalue weighted by atomic mass is 35.5. The lowest BCUT2D eigenvalue weighted by Crippen LogP contribution is -2.72. The second-order valence-electron chi connectivity index (χ2n) is 13.7. The van der Waals surface area contributed by atoms with Gasteiger partial charge in [0.15, 0.2) is 5.72 Å².